The van der Waals surface area contributed by atoms with Gasteiger partial charge in [-0.1, -0.05) is 0 Å². The molecule has 19 nitrogen and oxygen atoms in total. The number of nitrogen functional groups attached to an aromatic ring is 1. The maximum absolute atomic E-state index is 13.4. The van der Waals surface area contributed by atoms with Crippen molar-refractivity contribution in [2.24, 2.45) is 0 Å². The Kier molecular flexibility index (Phi) is 7.09. The van der Waals surface area contributed by atoms with Crippen molar-refractivity contribution in [2.75, 3.05) is 18.9 Å². The monoisotopic (exact) mass is 595 g/mol. The van der Waals surface area contributed by atoms with Gasteiger partial charge < -0.3 is 50.0 Å². The Labute approximate surface area is 228 Å². The van der Waals surface area contributed by atoms with Crippen molar-refractivity contribution in [1.82, 2.24) is 39.3 Å². The zero-order valence-corrected chi connectivity index (χ0v) is 21.9. The maximum atomic E-state index is 13.4. The van der Waals surface area contributed by atoms with Gasteiger partial charge in [-0.05, 0) is 0 Å². The molecular weight excluding hydrogens is 569 g/mol. The van der Waals surface area contributed by atoms with E-state index in [2.05, 4.69) is 30.0 Å². The largest absolute Gasteiger partial charge is 0.394 e. The van der Waals surface area contributed by atoms with Crippen molar-refractivity contribution in [3.63, 3.8) is 0 Å². The quantitative estimate of drug-likeness (QED) is 0.103. The van der Waals surface area contributed by atoms with E-state index in [1.807, 2.05) is 0 Å². The van der Waals surface area contributed by atoms with E-state index in [1.54, 1.807) is 0 Å². The highest BCUT2D eigenvalue weighted by Crippen LogP contribution is 2.57. The summed E-state index contributed by atoms with van der Waals surface area (Å²) < 4.78 is 32.7. The van der Waals surface area contributed by atoms with Crippen molar-refractivity contribution < 1.29 is 43.9 Å². The first-order valence-corrected chi connectivity index (χ1v) is 14.0. The van der Waals surface area contributed by atoms with Crippen LogP contribution in [-0.4, -0.2) is 114 Å². The zero-order chi connectivity index (χ0) is 29.1. The Balaban J connectivity index is 1.18. The van der Waals surface area contributed by atoms with Gasteiger partial charge in [0, 0.05) is 6.42 Å². The predicted octanol–water partition coefficient (Wildman–Crippen LogP) is -2.63. The molecule has 6 rings (SSSR count). The lowest BCUT2D eigenvalue weighted by Crippen LogP contribution is -2.35. The van der Waals surface area contributed by atoms with E-state index in [9.17, 15) is 34.7 Å². The van der Waals surface area contributed by atoms with Crippen molar-refractivity contribution in [1.29, 1.82) is 0 Å². The first kappa shape index (κ1) is 27.8. The van der Waals surface area contributed by atoms with E-state index < -0.39 is 75.0 Å². The van der Waals surface area contributed by atoms with Crippen LogP contribution in [-0.2, 0) is 18.6 Å². The minimum absolute atomic E-state index is 0.0242. The van der Waals surface area contributed by atoms with Crippen molar-refractivity contribution in [3.8, 4) is 0 Å². The van der Waals surface area contributed by atoms with Gasteiger partial charge in [-0.2, -0.15) is 5.10 Å². The number of imidazole rings is 1. The van der Waals surface area contributed by atoms with Crippen LogP contribution in [0.15, 0.2) is 30.0 Å². The van der Waals surface area contributed by atoms with Crippen molar-refractivity contribution >= 4 is 35.6 Å². The standard InChI is InChI=1S/C21H26N9O10P/c22-16-11-18(25-5-23-16)29(7-27-11)20-14(34)12(32)9(39-20)1-2-38-41(36,37)15-13(33)10(4-31)40-21(15)30-17-8(3-28-30)19(35)26-6-24-17/h3,5-7,9-10,12-15,20-21,31-34H,1-2,4H2,(H,36,37)(H2,22,23,25)(H,24,26,35)/t9-,10-,12-,13-,14-,15-,20-,21-/m1/s1. The number of fused-ring (bicyclic) bond motifs is 2. The van der Waals surface area contributed by atoms with Crippen molar-refractivity contribution in [2.45, 2.75) is 55.1 Å². The third kappa shape index (κ3) is 4.60. The molecule has 8 N–H and O–H groups in total. The Morgan fingerprint density at radius 2 is 1.83 bits per heavy atom. The minimum atomic E-state index is -4.73. The molecule has 2 fully saturated rings. The van der Waals surface area contributed by atoms with Gasteiger partial charge in [0.05, 0.1) is 38.2 Å². The van der Waals surface area contributed by atoms with Crippen LogP contribution in [0.1, 0.15) is 18.9 Å². The average Bonchev–Trinajstić information content (AvgIpc) is 3.70. The van der Waals surface area contributed by atoms with Gasteiger partial charge in [-0.3, -0.25) is 13.9 Å². The van der Waals surface area contributed by atoms with Crippen LogP contribution in [0.2, 0.25) is 0 Å². The summed E-state index contributed by atoms with van der Waals surface area (Å²) in [7, 11) is -4.73. The summed E-state index contributed by atoms with van der Waals surface area (Å²) in [6.07, 6.45) is -4.54. The van der Waals surface area contributed by atoms with Gasteiger partial charge in [0.1, 0.15) is 47.3 Å². The van der Waals surface area contributed by atoms with E-state index >= 15 is 0 Å². The second-order valence-electron chi connectivity index (χ2n) is 9.60. The molecule has 4 aromatic heterocycles. The molecule has 2 saturated heterocycles. The molecule has 41 heavy (non-hydrogen) atoms. The van der Waals surface area contributed by atoms with E-state index in [0.29, 0.717) is 0 Å². The number of anilines is 1. The van der Waals surface area contributed by atoms with Crippen LogP contribution < -0.4 is 11.3 Å². The minimum Gasteiger partial charge on any atom is -0.394 e. The van der Waals surface area contributed by atoms with Crippen LogP contribution in [0.3, 0.4) is 0 Å². The second kappa shape index (κ2) is 10.5. The Morgan fingerprint density at radius 1 is 1.05 bits per heavy atom. The highest BCUT2D eigenvalue weighted by molar-refractivity contribution is 7.53. The van der Waals surface area contributed by atoms with Gasteiger partial charge in [-0.25, -0.2) is 24.6 Å². The lowest BCUT2D eigenvalue weighted by Gasteiger charge is -2.25. The first-order chi connectivity index (χ1) is 19.6. The molecule has 1 unspecified atom stereocenters. The summed E-state index contributed by atoms with van der Waals surface area (Å²) in [6.45, 7) is -1.12. The Hall–Kier alpha value is -3.39. The average molecular weight is 595 g/mol. The number of rotatable bonds is 8. The molecule has 220 valence electrons. The molecule has 0 amide bonds. The molecular formula is C21H26N9O10P. The van der Waals surface area contributed by atoms with Gasteiger partial charge >= 0.3 is 7.60 Å². The third-order valence-electron chi connectivity index (χ3n) is 7.21. The van der Waals surface area contributed by atoms with Gasteiger partial charge in [0.25, 0.3) is 5.56 Å². The lowest BCUT2D eigenvalue weighted by molar-refractivity contribution is -0.0473. The number of aliphatic hydroxyl groups is 4. The van der Waals surface area contributed by atoms with Crippen LogP contribution in [0.4, 0.5) is 5.82 Å². The van der Waals surface area contributed by atoms with E-state index in [-0.39, 0.29) is 34.4 Å². The topological polar surface area (TPSA) is 279 Å². The number of nitrogens with zero attached hydrogens (tertiary/aromatic N) is 7. The summed E-state index contributed by atoms with van der Waals surface area (Å²) in [5.74, 6) is 0.121. The molecule has 2 aliphatic rings. The Morgan fingerprint density at radius 3 is 2.61 bits per heavy atom. The predicted molar refractivity (Wildman–Crippen MR) is 135 cm³/mol. The van der Waals surface area contributed by atoms with Gasteiger partial charge in [0.15, 0.2) is 29.6 Å². The molecule has 0 aromatic carbocycles. The molecule has 0 aliphatic carbocycles. The highest BCUT2D eigenvalue weighted by Gasteiger charge is 2.55. The fourth-order valence-electron chi connectivity index (χ4n) is 5.14. The lowest BCUT2D eigenvalue weighted by atomic mass is 10.1. The molecule has 0 saturated carbocycles. The molecule has 9 atom stereocenters. The molecule has 4 aromatic rings. The fourth-order valence-corrected chi connectivity index (χ4v) is 6.77. The smallest absolute Gasteiger partial charge is 0.338 e. The van der Waals surface area contributed by atoms with Crippen LogP contribution in [0.5, 0.6) is 0 Å². The van der Waals surface area contributed by atoms with E-state index in [1.165, 1.54) is 23.4 Å². The van der Waals surface area contributed by atoms with E-state index in [0.717, 1.165) is 11.0 Å². The number of aliphatic hydroxyl groups excluding tert-OH is 4. The summed E-state index contributed by atoms with van der Waals surface area (Å²) in [6, 6.07) is 0. The number of nitrogens with one attached hydrogen (secondary N) is 1. The van der Waals surface area contributed by atoms with E-state index in [4.69, 9.17) is 19.7 Å². The number of aromatic nitrogens is 8. The molecule has 0 radical (unpaired) electrons. The number of ether oxygens (including phenoxy) is 2. The molecule has 20 heteroatoms. The summed E-state index contributed by atoms with van der Waals surface area (Å²) in [5, 5.41) is 45.8. The third-order valence-corrected chi connectivity index (χ3v) is 9.07. The number of H-pyrrole nitrogens is 1. The second-order valence-corrected chi connectivity index (χ2v) is 11.6. The normalized spacial score (nSPS) is 31.7. The van der Waals surface area contributed by atoms with Crippen LogP contribution in [0, 0.1) is 0 Å². The molecule has 2 aliphatic heterocycles. The Bertz CT molecular complexity index is 1680. The van der Waals surface area contributed by atoms with Gasteiger partial charge in [-0.15, -0.1) is 0 Å². The van der Waals surface area contributed by atoms with Crippen LogP contribution >= 0.6 is 7.60 Å². The molecule has 0 bridgehead atoms. The van der Waals surface area contributed by atoms with Crippen LogP contribution in [0.25, 0.3) is 22.2 Å². The molecule has 6 heterocycles. The number of hydrogen-bond donors (Lipinski definition) is 7. The number of hydrogen-bond acceptors (Lipinski definition) is 15. The first-order valence-electron chi connectivity index (χ1n) is 12.4. The van der Waals surface area contributed by atoms with Gasteiger partial charge in [0.2, 0.25) is 0 Å². The maximum Gasteiger partial charge on any atom is 0.338 e. The molecule has 0 spiro atoms. The number of nitrogens with two attached hydrogens (primary N) is 1. The summed E-state index contributed by atoms with van der Waals surface area (Å²) in [5.41, 5.74) is 4.25. The summed E-state index contributed by atoms with van der Waals surface area (Å²) in [4.78, 5) is 41.5. The zero-order valence-electron chi connectivity index (χ0n) is 21.0. The summed E-state index contributed by atoms with van der Waals surface area (Å²) >= 11 is 0. The number of aromatic amines is 1. The van der Waals surface area contributed by atoms with Crippen molar-refractivity contribution in [3.05, 3.63) is 35.5 Å². The SMILES string of the molecule is Nc1ncnc2c1ncn2[C@@H]1O[C@H](CCOP(=O)(O)[C@@H]2[C@H](O)[C@@H](CO)O[C@H]2n2ncc3c(=O)[nH]cnc32)[C@@H](O)[C@H]1O. The highest BCUT2D eigenvalue weighted by atomic mass is 31.2. The fraction of sp³-hybridized carbons (Fsp3) is 0.524.